The highest BCUT2D eigenvalue weighted by Crippen LogP contribution is 2.10. The summed E-state index contributed by atoms with van der Waals surface area (Å²) in [6.07, 6.45) is 0.0523. The van der Waals surface area contributed by atoms with Gasteiger partial charge in [0.05, 0.1) is 26.4 Å². The first kappa shape index (κ1) is 30.9. The first-order chi connectivity index (χ1) is 15.3. The predicted octanol–water partition coefficient (Wildman–Crippen LogP) is 2.66. The second kappa shape index (κ2) is 16.5. The molecule has 0 rings (SSSR count). The number of alkyl carbamates (subject to hydrolysis) is 1. The zero-order chi connectivity index (χ0) is 25.3. The smallest absolute Gasteiger partial charge is 0.410 e. The van der Waals surface area contributed by atoms with Crippen LogP contribution in [0.15, 0.2) is 0 Å². The summed E-state index contributed by atoms with van der Waals surface area (Å²) in [6, 6.07) is 0. The van der Waals surface area contributed by atoms with E-state index in [1.54, 1.807) is 20.8 Å². The van der Waals surface area contributed by atoms with Crippen molar-refractivity contribution in [2.45, 2.75) is 65.6 Å². The fourth-order valence-corrected chi connectivity index (χ4v) is 2.30. The highest BCUT2D eigenvalue weighted by Gasteiger charge is 2.23. The number of amides is 2. The van der Waals surface area contributed by atoms with Crippen LogP contribution in [0, 0.1) is 0 Å². The molecule has 0 bridgehead atoms. The first-order valence-electron chi connectivity index (χ1n) is 11.2. The molecule has 2 N–H and O–H groups in total. The number of carboxylic acid groups (broad SMARTS) is 1. The molecule has 0 unspecified atom stereocenters. The Morgan fingerprint density at radius 3 is 1.73 bits per heavy atom. The predicted molar refractivity (Wildman–Crippen MR) is 121 cm³/mol. The summed E-state index contributed by atoms with van der Waals surface area (Å²) in [5.74, 6) is -1.10. The van der Waals surface area contributed by atoms with Crippen molar-refractivity contribution < 1.29 is 43.2 Å². The first-order valence-corrected chi connectivity index (χ1v) is 11.2. The molecular weight excluding hydrogens is 436 g/mol. The highest BCUT2D eigenvalue weighted by atomic mass is 16.6. The Morgan fingerprint density at radius 1 is 0.758 bits per heavy atom. The van der Waals surface area contributed by atoms with Gasteiger partial charge in [-0.25, -0.2) is 9.59 Å². The molecule has 2 amide bonds. The number of hydrogen-bond donors (Lipinski definition) is 2. The van der Waals surface area contributed by atoms with E-state index in [0.717, 1.165) is 4.90 Å². The van der Waals surface area contributed by atoms with Crippen LogP contribution in [0.2, 0.25) is 0 Å². The number of ether oxygens (including phenoxy) is 5. The van der Waals surface area contributed by atoms with Gasteiger partial charge in [-0.05, 0) is 54.4 Å². The van der Waals surface area contributed by atoms with Gasteiger partial charge in [0.25, 0.3) is 0 Å². The molecule has 0 aromatic rings. The number of nitrogens with zero attached hydrogens (tertiary/aromatic N) is 1. The number of carbonyl (C=O) groups is 3. The maximum absolute atomic E-state index is 12.1. The number of nitrogens with one attached hydrogen (secondary N) is 1. The molecule has 0 saturated carbocycles. The van der Waals surface area contributed by atoms with Gasteiger partial charge in [0.2, 0.25) is 0 Å². The average Bonchev–Trinajstić information content (AvgIpc) is 2.64. The molecule has 0 radical (unpaired) electrons. The molecule has 0 aliphatic carbocycles. The van der Waals surface area contributed by atoms with E-state index in [-0.39, 0.29) is 6.54 Å². The quantitative estimate of drug-likeness (QED) is 0.321. The molecule has 0 atom stereocenters. The van der Waals surface area contributed by atoms with Crippen LogP contribution in [0.4, 0.5) is 9.59 Å². The van der Waals surface area contributed by atoms with E-state index in [2.05, 4.69) is 5.32 Å². The van der Waals surface area contributed by atoms with Gasteiger partial charge in [-0.1, -0.05) is 0 Å². The molecule has 33 heavy (non-hydrogen) atoms. The number of hydrogen-bond acceptors (Lipinski definition) is 8. The third-order valence-corrected chi connectivity index (χ3v) is 3.57. The Balaban J connectivity index is 3.65. The molecule has 11 nitrogen and oxygen atoms in total. The molecule has 0 spiro atoms. The summed E-state index contributed by atoms with van der Waals surface area (Å²) >= 11 is 0. The van der Waals surface area contributed by atoms with Crippen LogP contribution in [-0.4, -0.2) is 98.6 Å². The molecule has 194 valence electrons. The van der Waals surface area contributed by atoms with E-state index < -0.39 is 35.9 Å². The number of carbonyl (C=O) groups excluding carboxylic acids is 2. The minimum Gasteiger partial charge on any atom is -0.480 e. The summed E-state index contributed by atoms with van der Waals surface area (Å²) in [6.45, 7) is 13.4. The average molecular weight is 479 g/mol. The number of aliphatic carboxylic acids is 1. The molecule has 0 heterocycles. The lowest BCUT2D eigenvalue weighted by atomic mass is 10.2. The lowest BCUT2D eigenvalue weighted by Gasteiger charge is -2.26. The van der Waals surface area contributed by atoms with Crippen molar-refractivity contribution in [2.75, 3.05) is 59.3 Å². The van der Waals surface area contributed by atoms with Crippen LogP contribution in [0.25, 0.3) is 0 Å². The molecule has 0 fully saturated rings. The maximum atomic E-state index is 12.1. The Bertz CT molecular complexity index is 571. The maximum Gasteiger partial charge on any atom is 0.410 e. The van der Waals surface area contributed by atoms with Gasteiger partial charge >= 0.3 is 18.2 Å². The van der Waals surface area contributed by atoms with Crippen molar-refractivity contribution in [1.29, 1.82) is 0 Å². The van der Waals surface area contributed by atoms with E-state index in [4.69, 9.17) is 28.8 Å². The van der Waals surface area contributed by atoms with Gasteiger partial charge in [-0.3, -0.25) is 9.69 Å². The van der Waals surface area contributed by atoms with E-state index in [0.29, 0.717) is 59.0 Å². The van der Waals surface area contributed by atoms with Crippen molar-refractivity contribution in [3.8, 4) is 0 Å². The van der Waals surface area contributed by atoms with Gasteiger partial charge in [-0.15, -0.1) is 0 Å². The van der Waals surface area contributed by atoms with Gasteiger partial charge in [0.1, 0.15) is 17.7 Å². The molecular formula is C22H42N2O9. The standard InChI is InChI=1S/C22H42N2O9/c1-21(2,3)32-19(27)23-9-7-11-29-13-15-31-16-14-30-12-8-10-24(17-18(25)26)20(28)33-22(4,5)6/h7-17H2,1-6H3,(H,23,27)(H,25,26). The molecule has 0 saturated heterocycles. The largest absolute Gasteiger partial charge is 0.480 e. The normalized spacial score (nSPS) is 11.7. The van der Waals surface area contributed by atoms with Crippen LogP contribution in [0.1, 0.15) is 54.4 Å². The summed E-state index contributed by atoms with van der Waals surface area (Å²) < 4.78 is 26.6. The molecule has 11 heteroatoms. The summed E-state index contributed by atoms with van der Waals surface area (Å²) in [7, 11) is 0. The number of carboxylic acids is 1. The summed E-state index contributed by atoms with van der Waals surface area (Å²) in [5, 5.41) is 11.6. The van der Waals surface area contributed by atoms with Gasteiger partial charge in [0, 0.05) is 26.3 Å². The summed E-state index contributed by atoms with van der Waals surface area (Å²) in [4.78, 5) is 35.6. The van der Waals surface area contributed by atoms with E-state index >= 15 is 0 Å². The van der Waals surface area contributed by atoms with E-state index in [9.17, 15) is 14.4 Å². The number of rotatable bonds is 16. The second-order valence-electron chi connectivity index (χ2n) is 9.27. The highest BCUT2D eigenvalue weighted by molar-refractivity contribution is 5.76. The zero-order valence-electron chi connectivity index (χ0n) is 20.9. The Hall–Kier alpha value is -2.11. The monoisotopic (exact) mass is 478 g/mol. The Kier molecular flexibility index (Phi) is 15.4. The Labute approximate surface area is 197 Å². The fraction of sp³-hybridized carbons (Fsp3) is 0.864. The van der Waals surface area contributed by atoms with Crippen LogP contribution >= 0.6 is 0 Å². The molecule has 0 aromatic heterocycles. The minimum atomic E-state index is -1.10. The van der Waals surface area contributed by atoms with Gasteiger partial charge in [0.15, 0.2) is 0 Å². The minimum absolute atomic E-state index is 0.221. The van der Waals surface area contributed by atoms with Crippen molar-refractivity contribution in [2.24, 2.45) is 0 Å². The van der Waals surface area contributed by atoms with E-state index in [1.165, 1.54) is 0 Å². The van der Waals surface area contributed by atoms with Crippen LogP contribution in [-0.2, 0) is 28.5 Å². The lowest BCUT2D eigenvalue weighted by molar-refractivity contribution is -0.138. The van der Waals surface area contributed by atoms with Crippen LogP contribution < -0.4 is 5.32 Å². The van der Waals surface area contributed by atoms with Crippen LogP contribution in [0.5, 0.6) is 0 Å². The zero-order valence-corrected chi connectivity index (χ0v) is 20.9. The van der Waals surface area contributed by atoms with Crippen molar-refractivity contribution in [3.05, 3.63) is 0 Å². The third kappa shape index (κ3) is 21.5. The summed E-state index contributed by atoms with van der Waals surface area (Å²) in [5.41, 5.74) is -1.20. The molecule has 0 aliphatic rings. The molecule has 0 aliphatic heterocycles. The van der Waals surface area contributed by atoms with Crippen molar-refractivity contribution >= 4 is 18.2 Å². The van der Waals surface area contributed by atoms with Crippen molar-refractivity contribution in [3.63, 3.8) is 0 Å². The van der Waals surface area contributed by atoms with Crippen molar-refractivity contribution in [1.82, 2.24) is 10.2 Å². The van der Waals surface area contributed by atoms with E-state index in [1.807, 2.05) is 20.8 Å². The van der Waals surface area contributed by atoms with Crippen LogP contribution in [0.3, 0.4) is 0 Å². The van der Waals surface area contributed by atoms with Gasteiger partial charge < -0.3 is 34.1 Å². The SMILES string of the molecule is CC(C)(C)OC(=O)NCCCOCCOCCOCCCN(CC(=O)O)C(=O)OC(C)(C)C. The third-order valence-electron chi connectivity index (χ3n) is 3.57. The molecule has 0 aromatic carbocycles. The Morgan fingerprint density at radius 2 is 1.24 bits per heavy atom. The second-order valence-corrected chi connectivity index (χ2v) is 9.27. The fourth-order valence-electron chi connectivity index (χ4n) is 2.30. The lowest BCUT2D eigenvalue weighted by Crippen LogP contribution is -2.40. The topological polar surface area (TPSA) is 133 Å². The van der Waals surface area contributed by atoms with Gasteiger partial charge in [-0.2, -0.15) is 0 Å².